The first-order valence-electron chi connectivity index (χ1n) is 9.84. The summed E-state index contributed by atoms with van der Waals surface area (Å²) in [4.78, 5) is 36.4. The van der Waals surface area contributed by atoms with Gasteiger partial charge in [0.1, 0.15) is 0 Å². The predicted octanol–water partition coefficient (Wildman–Crippen LogP) is 3.13. The number of nitrogens with zero attached hydrogens (tertiary/aromatic N) is 4. The molecule has 3 aromatic heterocycles. The summed E-state index contributed by atoms with van der Waals surface area (Å²) in [6.07, 6.45) is 0.0238. The summed E-state index contributed by atoms with van der Waals surface area (Å²) < 4.78 is 7.32. The van der Waals surface area contributed by atoms with Crippen molar-refractivity contribution in [3.8, 4) is 0 Å². The number of hydrogen-bond donors (Lipinski definition) is 1. The van der Waals surface area contributed by atoms with Crippen molar-refractivity contribution in [2.45, 2.75) is 46.6 Å². The smallest absolute Gasteiger partial charge is 0.306 e. The van der Waals surface area contributed by atoms with Crippen LogP contribution in [0.1, 0.15) is 47.9 Å². The highest BCUT2D eigenvalue weighted by molar-refractivity contribution is 5.77. The molecule has 0 radical (unpaired) electrons. The van der Waals surface area contributed by atoms with Gasteiger partial charge in [0, 0.05) is 23.9 Å². The lowest BCUT2D eigenvalue weighted by Crippen LogP contribution is -2.18. The molecule has 1 aromatic carbocycles. The maximum absolute atomic E-state index is 12.5. The Kier molecular flexibility index (Phi) is 5.07. The minimum Gasteiger partial charge on any atom is -0.454 e. The Bertz CT molecular complexity index is 1320. The van der Waals surface area contributed by atoms with Gasteiger partial charge in [-0.15, -0.1) is 0 Å². The number of carbonyl (C=O) groups excluding carboxylic acids is 1. The van der Waals surface area contributed by atoms with Gasteiger partial charge in [-0.1, -0.05) is 12.1 Å². The van der Waals surface area contributed by atoms with E-state index in [0.717, 1.165) is 28.3 Å². The van der Waals surface area contributed by atoms with Gasteiger partial charge in [0.2, 0.25) is 0 Å². The molecular formula is C22H23N5O3. The molecule has 8 nitrogen and oxygen atoms in total. The predicted molar refractivity (Wildman–Crippen MR) is 112 cm³/mol. The lowest BCUT2D eigenvalue weighted by Gasteiger charge is -2.14. The third-order valence-corrected chi connectivity index (χ3v) is 5.19. The molecule has 1 N–H and O–H groups in total. The molecule has 4 aromatic rings. The Hall–Kier alpha value is -3.55. The van der Waals surface area contributed by atoms with Crippen molar-refractivity contribution in [1.82, 2.24) is 24.6 Å². The molecule has 0 bridgehead atoms. The van der Waals surface area contributed by atoms with Gasteiger partial charge in [0.15, 0.2) is 17.6 Å². The van der Waals surface area contributed by atoms with Gasteiger partial charge >= 0.3 is 5.97 Å². The van der Waals surface area contributed by atoms with Crippen molar-refractivity contribution in [2.75, 3.05) is 0 Å². The number of aromatic nitrogens is 5. The monoisotopic (exact) mass is 405 g/mol. The van der Waals surface area contributed by atoms with E-state index < -0.39 is 6.10 Å². The molecule has 0 fully saturated rings. The van der Waals surface area contributed by atoms with E-state index >= 15 is 0 Å². The van der Waals surface area contributed by atoms with Crippen LogP contribution in [0, 0.1) is 20.8 Å². The van der Waals surface area contributed by atoms with Crippen LogP contribution in [-0.4, -0.2) is 30.5 Å². The molecule has 4 rings (SSSR count). The van der Waals surface area contributed by atoms with Crippen LogP contribution in [0.4, 0.5) is 0 Å². The van der Waals surface area contributed by atoms with E-state index in [1.54, 1.807) is 29.6 Å². The van der Waals surface area contributed by atoms with Crippen LogP contribution in [0.25, 0.3) is 16.6 Å². The van der Waals surface area contributed by atoms with Crippen LogP contribution in [0.2, 0.25) is 0 Å². The number of carbonyl (C=O) groups is 1. The first kappa shape index (κ1) is 19.8. The fraction of sp³-hybridized carbons (Fsp3) is 0.318. The van der Waals surface area contributed by atoms with Crippen LogP contribution in [-0.2, 0) is 16.0 Å². The van der Waals surface area contributed by atoms with E-state index in [1.165, 1.54) is 0 Å². The largest absolute Gasteiger partial charge is 0.454 e. The summed E-state index contributed by atoms with van der Waals surface area (Å²) in [6, 6.07) is 8.98. The number of H-pyrrole nitrogens is 1. The number of aromatic amines is 1. The highest BCUT2D eigenvalue weighted by Crippen LogP contribution is 2.19. The van der Waals surface area contributed by atoms with Gasteiger partial charge in [-0.3, -0.25) is 9.59 Å². The van der Waals surface area contributed by atoms with E-state index in [0.29, 0.717) is 23.1 Å². The minimum atomic E-state index is -0.661. The van der Waals surface area contributed by atoms with E-state index in [-0.39, 0.29) is 17.9 Å². The number of esters is 1. The molecule has 30 heavy (non-hydrogen) atoms. The van der Waals surface area contributed by atoms with Gasteiger partial charge in [0.05, 0.1) is 16.6 Å². The molecular weight excluding hydrogens is 382 g/mol. The van der Waals surface area contributed by atoms with Crippen molar-refractivity contribution in [3.05, 3.63) is 69.2 Å². The molecule has 0 saturated carbocycles. The van der Waals surface area contributed by atoms with Crippen LogP contribution < -0.4 is 5.56 Å². The second kappa shape index (κ2) is 7.70. The van der Waals surface area contributed by atoms with Crippen LogP contribution >= 0.6 is 0 Å². The number of ether oxygens (including phenoxy) is 1. The van der Waals surface area contributed by atoms with Crippen LogP contribution in [0.5, 0.6) is 0 Å². The highest BCUT2D eigenvalue weighted by atomic mass is 16.5. The van der Waals surface area contributed by atoms with Crippen molar-refractivity contribution >= 4 is 22.5 Å². The Labute approximate surface area is 172 Å². The van der Waals surface area contributed by atoms with E-state index in [2.05, 4.69) is 20.1 Å². The van der Waals surface area contributed by atoms with Gasteiger partial charge in [-0.2, -0.15) is 5.10 Å². The molecule has 154 valence electrons. The maximum atomic E-state index is 12.5. The molecule has 0 amide bonds. The van der Waals surface area contributed by atoms with Crippen molar-refractivity contribution in [1.29, 1.82) is 0 Å². The zero-order chi connectivity index (χ0) is 21.4. The average Bonchev–Trinajstić information content (AvgIpc) is 3.08. The fourth-order valence-electron chi connectivity index (χ4n) is 3.64. The molecule has 0 spiro atoms. The Morgan fingerprint density at radius 3 is 2.77 bits per heavy atom. The van der Waals surface area contributed by atoms with Crippen molar-refractivity contribution in [2.24, 2.45) is 0 Å². The fourth-order valence-corrected chi connectivity index (χ4v) is 3.64. The van der Waals surface area contributed by atoms with Gasteiger partial charge in [0.25, 0.3) is 5.56 Å². The van der Waals surface area contributed by atoms with Crippen molar-refractivity contribution in [3.63, 3.8) is 0 Å². The summed E-state index contributed by atoms with van der Waals surface area (Å²) in [6.45, 7) is 7.53. The van der Waals surface area contributed by atoms with E-state index in [1.807, 2.05) is 32.9 Å². The third kappa shape index (κ3) is 3.68. The molecule has 0 unspecified atom stereocenters. The Morgan fingerprint density at radius 1 is 1.20 bits per heavy atom. The van der Waals surface area contributed by atoms with Gasteiger partial charge < -0.3 is 9.72 Å². The SMILES string of the molecule is Cc1cc2nc(C)c(CCC(=O)O[C@H](C)c3nc4ccccc4c(=O)[nH]3)c(C)n2n1. The van der Waals surface area contributed by atoms with E-state index in [9.17, 15) is 9.59 Å². The number of hydrogen-bond acceptors (Lipinski definition) is 6. The standard InChI is InChI=1S/C22H23N5O3/c1-12-11-19-23-13(2)16(14(3)27(19)26-12)9-10-20(28)30-15(4)21-24-18-8-6-5-7-17(18)22(29)25-21/h5-8,11,15H,9-10H2,1-4H3,(H,24,25,29)/t15-/m1/s1. The Morgan fingerprint density at radius 2 is 1.97 bits per heavy atom. The van der Waals surface area contributed by atoms with Crippen LogP contribution in [0.3, 0.4) is 0 Å². The molecule has 0 aliphatic carbocycles. The number of fused-ring (bicyclic) bond motifs is 2. The molecule has 0 aliphatic heterocycles. The molecule has 0 saturated heterocycles. The summed E-state index contributed by atoms with van der Waals surface area (Å²) in [7, 11) is 0. The lowest BCUT2D eigenvalue weighted by atomic mass is 10.1. The quantitative estimate of drug-likeness (QED) is 0.512. The molecule has 1 atom stereocenters. The second-order valence-electron chi connectivity index (χ2n) is 7.42. The number of para-hydroxylation sites is 1. The van der Waals surface area contributed by atoms with E-state index in [4.69, 9.17) is 4.74 Å². The summed E-state index contributed by atoms with van der Waals surface area (Å²) in [5.41, 5.74) is 4.83. The normalized spacial score (nSPS) is 12.4. The third-order valence-electron chi connectivity index (χ3n) is 5.19. The summed E-state index contributed by atoms with van der Waals surface area (Å²) in [5, 5.41) is 4.96. The maximum Gasteiger partial charge on any atom is 0.306 e. The lowest BCUT2D eigenvalue weighted by molar-refractivity contribution is -0.148. The molecule has 8 heteroatoms. The first-order valence-corrected chi connectivity index (χ1v) is 9.84. The topological polar surface area (TPSA) is 102 Å². The minimum absolute atomic E-state index is 0.192. The molecule has 3 heterocycles. The number of aryl methyl sites for hydroxylation is 3. The zero-order valence-corrected chi connectivity index (χ0v) is 17.4. The molecule has 0 aliphatic rings. The number of nitrogens with one attached hydrogen (secondary N) is 1. The van der Waals surface area contributed by atoms with Crippen LogP contribution in [0.15, 0.2) is 35.1 Å². The van der Waals surface area contributed by atoms with Crippen molar-refractivity contribution < 1.29 is 9.53 Å². The van der Waals surface area contributed by atoms with Gasteiger partial charge in [-0.25, -0.2) is 14.5 Å². The summed E-state index contributed by atoms with van der Waals surface area (Å²) in [5.74, 6) is -0.0386. The number of rotatable bonds is 5. The zero-order valence-electron chi connectivity index (χ0n) is 17.4. The summed E-state index contributed by atoms with van der Waals surface area (Å²) >= 11 is 0. The average molecular weight is 405 g/mol. The number of benzene rings is 1. The highest BCUT2D eigenvalue weighted by Gasteiger charge is 2.17. The second-order valence-corrected chi connectivity index (χ2v) is 7.42. The first-order chi connectivity index (χ1) is 14.3. The van der Waals surface area contributed by atoms with Gasteiger partial charge in [-0.05, 0) is 51.8 Å². The Balaban J connectivity index is 1.48.